The van der Waals surface area contributed by atoms with Crippen molar-refractivity contribution in [2.45, 2.75) is 13.0 Å². The maximum Gasteiger partial charge on any atom is 0.227 e. The zero-order valence-electron chi connectivity index (χ0n) is 12.3. The molecular weight excluding hydrogens is 266 g/mol. The lowest BCUT2D eigenvalue weighted by Crippen LogP contribution is -2.35. The zero-order chi connectivity index (χ0) is 14.7. The van der Waals surface area contributed by atoms with Gasteiger partial charge in [0.25, 0.3) is 0 Å². The lowest BCUT2D eigenvalue weighted by Gasteiger charge is -2.27. The van der Waals surface area contributed by atoms with Gasteiger partial charge in [-0.2, -0.15) is 0 Å². The Labute approximate surface area is 125 Å². The summed E-state index contributed by atoms with van der Waals surface area (Å²) in [7, 11) is 0. The molecule has 2 aliphatic heterocycles. The van der Waals surface area contributed by atoms with Gasteiger partial charge in [0.05, 0.1) is 13.2 Å². The summed E-state index contributed by atoms with van der Waals surface area (Å²) < 4.78 is 5.37. The maximum absolute atomic E-state index is 12.1. The fraction of sp³-hybridized carbons (Fsp3) is 0.562. The van der Waals surface area contributed by atoms with E-state index in [1.807, 2.05) is 17.0 Å². The molecule has 1 aromatic carbocycles. The molecule has 0 radical (unpaired) electrons. The molecule has 2 fully saturated rings. The maximum atomic E-state index is 12.1. The van der Waals surface area contributed by atoms with Gasteiger partial charge in [-0.3, -0.25) is 9.69 Å². The summed E-state index contributed by atoms with van der Waals surface area (Å²) in [6.07, 6.45) is 0.574. The first kappa shape index (κ1) is 14.5. The van der Waals surface area contributed by atoms with Crippen molar-refractivity contribution >= 4 is 11.6 Å². The Morgan fingerprint density at radius 3 is 2.81 bits per heavy atom. The van der Waals surface area contributed by atoms with Crippen LogP contribution in [0.25, 0.3) is 0 Å². The largest absolute Gasteiger partial charge is 0.379 e. The summed E-state index contributed by atoms with van der Waals surface area (Å²) in [6, 6.07) is 8.31. The number of ether oxygens (including phenoxy) is 1. The number of carbonyl (C=O) groups is 1. The summed E-state index contributed by atoms with van der Waals surface area (Å²) in [6.45, 7) is 5.81. The third-order valence-corrected chi connectivity index (χ3v) is 4.27. The number of hydrogen-bond donors (Lipinski definition) is 1. The Balaban J connectivity index is 1.69. The molecule has 3 rings (SSSR count). The molecule has 0 spiro atoms. The first-order valence-corrected chi connectivity index (χ1v) is 7.66. The van der Waals surface area contributed by atoms with E-state index in [4.69, 9.17) is 10.5 Å². The van der Waals surface area contributed by atoms with Crippen molar-refractivity contribution in [1.29, 1.82) is 0 Å². The number of anilines is 1. The van der Waals surface area contributed by atoms with Gasteiger partial charge in [0.2, 0.25) is 5.91 Å². The monoisotopic (exact) mass is 289 g/mol. The molecule has 2 aliphatic rings. The highest BCUT2D eigenvalue weighted by Gasteiger charge is 2.29. The van der Waals surface area contributed by atoms with Crippen LogP contribution in [-0.4, -0.2) is 50.2 Å². The molecule has 2 saturated heterocycles. The van der Waals surface area contributed by atoms with Crippen molar-refractivity contribution in [3.05, 3.63) is 29.8 Å². The molecule has 2 heterocycles. The quantitative estimate of drug-likeness (QED) is 0.892. The minimum atomic E-state index is 0.189. The van der Waals surface area contributed by atoms with Crippen LogP contribution in [-0.2, 0) is 16.1 Å². The van der Waals surface area contributed by atoms with Crippen LogP contribution in [0, 0.1) is 5.92 Å². The fourth-order valence-electron chi connectivity index (χ4n) is 3.03. The molecule has 114 valence electrons. The van der Waals surface area contributed by atoms with Gasteiger partial charge in [-0.25, -0.2) is 0 Å². The second-order valence-electron chi connectivity index (χ2n) is 5.87. The Bertz CT molecular complexity index is 500. The van der Waals surface area contributed by atoms with Crippen LogP contribution >= 0.6 is 0 Å². The number of rotatable bonds is 4. The van der Waals surface area contributed by atoms with Gasteiger partial charge in [0.15, 0.2) is 0 Å². The molecule has 1 amide bonds. The predicted octanol–water partition coefficient (Wildman–Crippen LogP) is 0.830. The topological polar surface area (TPSA) is 58.8 Å². The van der Waals surface area contributed by atoms with Crippen molar-refractivity contribution < 1.29 is 9.53 Å². The second-order valence-corrected chi connectivity index (χ2v) is 5.87. The van der Waals surface area contributed by atoms with E-state index in [1.54, 1.807) is 0 Å². The molecule has 0 bridgehead atoms. The standard InChI is InChI=1S/C16H23N3O2/c17-10-14-9-16(20)19(12-14)15-3-1-2-13(8-15)11-18-4-6-21-7-5-18/h1-3,8,14H,4-7,9-12,17H2. The highest BCUT2D eigenvalue weighted by atomic mass is 16.5. The number of amides is 1. The van der Waals surface area contributed by atoms with Gasteiger partial charge < -0.3 is 15.4 Å². The molecule has 2 N–H and O–H groups in total. The van der Waals surface area contributed by atoms with E-state index < -0.39 is 0 Å². The molecule has 0 aromatic heterocycles. The highest BCUT2D eigenvalue weighted by molar-refractivity contribution is 5.95. The SMILES string of the molecule is NCC1CC(=O)N(c2cccc(CN3CCOCC3)c2)C1. The molecule has 5 nitrogen and oxygen atoms in total. The number of hydrogen-bond acceptors (Lipinski definition) is 4. The molecular formula is C16H23N3O2. The smallest absolute Gasteiger partial charge is 0.227 e. The Morgan fingerprint density at radius 1 is 1.29 bits per heavy atom. The summed E-state index contributed by atoms with van der Waals surface area (Å²) >= 11 is 0. The van der Waals surface area contributed by atoms with Crippen LogP contribution in [0.3, 0.4) is 0 Å². The van der Waals surface area contributed by atoms with E-state index in [1.165, 1.54) is 5.56 Å². The lowest BCUT2D eigenvalue weighted by atomic mass is 10.1. The van der Waals surface area contributed by atoms with Crippen LogP contribution in [0.5, 0.6) is 0 Å². The van der Waals surface area contributed by atoms with Crippen molar-refractivity contribution in [3.8, 4) is 0 Å². The average molecular weight is 289 g/mol. The normalized spacial score (nSPS) is 23.8. The molecule has 5 heteroatoms. The van der Waals surface area contributed by atoms with Gasteiger partial charge >= 0.3 is 0 Å². The minimum Gasteiger partial charge on any atom is -0.379 e. The molecule has 0 aliphatic carbocycles. The van der Waals surface area contributed by atoms with Crippen molar-refractivity contribution in [1.82, 2.24) is 4.90 Å². The van der Waals surface area contributed by atoms with Crippen LogP contribution in [0.15, 0.2) is 24.3 Å². The zero-order valence-corrected chi connectivity index (χ0v) is 12.3. The first-order chi connectivity index (χ1) is 10.3. The number of carbonyl (C=O) groups excluding carboxylic acids is 1. The van der Waals surface area contributed by atoms with Gasteiger partial charge in [0.1, 0.15) is 0 Å². The van der Waals surface area contributed by atoms with Gasteiger partial charge in [-0.05, 0) is 30.2 Å². The van der Waals surface area contributed by atoms with Crippen molar-refractivity contribution in [3.63, 3.8) is 0 Å². The summed E-state index contributed by atoms with van der Waals surface area (Å²) in [4.78, 5) is 16.4. The summed E-state index contributed by atoms with van der Waals surface area (Å²) in [5.41, 5.74) is 7.94. The van der Waals surface area contributed by atoms with Crippen LogP contribution in [0.1, 0.15) is 12.0 Å². The first-order valence-electron chi connectivity index (χ1n) is 7.66. The van der Waals surface area contributed by atoms with E-state index >= 15 is 0 Å². The summed E-state index contributed by atoms with van der Waals surface area (Å²) in [5.74, 6) is 0.481. The number of morpholine rings is 1. The van der Waals surface area contributed by atoms with Crippen molar-refractivity contribution in [2.24, 2.45) is 11.7 Å². The third-order valence-electron chi connectivity index (χ3n) is 4.27. The molecule has 1 atom stereocenters. The van der Waals surface area contributed by atoms with Gasteiger partial charge in [0, 0.05) is 38.3 Å². The fourth-order valence-corrected chi connectivity index (χ4v) is 3.03. The van der Waals surface area contributed by atoms with Crippen molar-refractivity contribution in [2.75, 3.05) is 44.3 Å². The Morgan fingerprint density at radius 2 is 2.10 bits per heavy atom. The van der Waals surface area contributed by atoms with Gasteiger partial charge in [-0.15, -0.1) is 0 Å². The third kappa shape index (κ3) is 3.43. The predicted molar refractivity (Wildman–Crippen MR) is 82.1 cm³/mol. The minimum absolute atomic E-state index is 0.189. The second kappa shape index (κ2) is 6.56. The number of benzene rings is 1. The Kier molecular flexibility index (Phi) is 4.53. The van der Waals surface area contributed by atoms with E-state index in [0.717, 1.165) is 45.1 Å². The molecule has 1 aromatic rings. The van der Waals surface area contributed by atoms with Crippen LogP contribution < -0.4 is 10.6 Å². The van der Waals surface area contributed by atoms with Gasteiger partial charge in [-0.1, -0.05) is 12.1 Å². The average Bonchev–Trinajstić information content (AvgIpc) is 2.90. The van der Waals surface area contributed by atoms with E-state index in [9.17, 15) is 4.79 Å². The highest BCUT2D eigenvalue weighted by Crippen LogP contribution is 2.25. The molecule has 1 unspecified atom stereocenters. The lowest BCUT2D eigenvalue weighted by molar-refractivity contribution is -0.117. The van der Waals surface area contributed by atoms with E-state index in [0.29, 0.717) is 18.9 Å². The molecule has 21 heavy (non-hydrogen) atoms. The van der Waals surface area contributed by atoms with E-state index in [2.05, 4.69) is 17.0 Å². The van der Waals surface area contributed by atoms with Crippen LogP contribution in [0.2, 0.25) is 0 Å². The number of nitrogens with zero attached hydrogens (tertiary/aromatic N) is 2. The van der Waals surface area contributed by atoms with E-state index in [-0.39, 0.29) is 5.91 Å². The summed E-state index contributed by atoms with van der Waals surface area (Å²) in [5, 5.41) is 0. The Hall–Kier alpha value is -1.43. The molecule has 0 saturated carbocycles. The van der Waals surface area contributed by atoms with Crippen LogP contribution in [0.4, 0.5) is 5.69 Å². The number of nitrogens with two attached hydrogens (primary N) is 1.